The van der Waals surface area contributed by atoms with E-state index < -0.39 is 0 Å². The highest BCUT2D eigenvalue weighted by Crippen LogP contribution is 2.30. The summed E-state index contributed by atoms with van der Waals surface area (Å²) in [6, 6.07) is 7.70. The summed E-state index contributed by atoms with van der Waals surface area (Å²) >= 11 is 0. The molecule has 0 N–H and O–H groups in total. The monoisotopic (exact) mass is 353 g/mol. The lowest BCUT2D eigenvalue weighted by Gasteiger charge is -2.35. The Hall–Kier alpha value is -2.70. The van der Waals surface area contributed by atoms with Gasteiger partial charge in [-0.3, -0.25) is 19.3 Å². The molecular weight excluding hydrogens is 330 g/mol. The van der Waals surface area contributed by atoms with Crippen LogP contribution in [0.4, 0.5) is 0 Å². The molecule has 3 aliphatic rings. The number of carbonyl (C=O) groups excluding carboxylic acids is 2. The largest absolute Gasteiger partial charge is 0.338 e. The lowest BCUT2D eigenvalue weighted by Crippen LogP contribution is -2.47. The van der Waals surface area contributed by atoms with Gasteiger partial charge in [-0.2, -0.15) is 5.10 Å². The summed E-state index contributed by atoms with van der Waals surface area (Å²) in [4.78, 5) is 33.8. The van der Waals surface area contributed by atoms with E-state index in [2.05, 4.69) is 10.1 Å². The zero-order valence-corrected chi connectivity index (χ0v) is 14.9. The molecule has 3 saturated heterocycles. The van der Waals surface area contributed by atoms with E-state index in [0.29, 0.717) is 19.6 Å². The van der Waals surface area contributed by atoms with E-state index in [4.69, 9.17) is 0 Å². The maximum Gasteiger partial charge on any atom is 0.244 e. The highest BCUT2D eigenvalue weighted by molar-refractivity contribution is 5.83. The average molecular weight is 353 g/mol. The van der Waals surface area contributed by atoms with Gasteiger partial charge in [-0.25, -0.2) is 0 Å². The molecule has 2 aromatic rings. The molecule has 2 bridgehead atoms. The van der Waals surface area contributed by atoms with E-state index in [1.54, 1.807) is 17.1 Å². The van der Waals surface area contributed by atoms with Crippen LogP contribution in [0, 0.1) is 12.8 Å². The maximum atomic E-state index is 12.9. The van der Waals surface area contributed by atoms with E-state index in [1.165, 1.54) is 0 Å². The molecule has 0 saturated carbocycles. The number of pyridine rings is 1. The molecule has 0 unspecified atom stereocenters. The van der Waals surface area contributed by atoms with Gasteiger partial charge in [0.25, 0.3) is 0 Å². The molecule has 0 spiro atoms. The fraction of sp³-hybridized carbons (Fsp3) is 0.474. The molecule has 3 aliphatic heterocycles. The van der Waals surface area contributed by atoms with E-state index in [0.717, 1.165) is 24.2 Å². The van der Waals surface area contributed by atoms with Crippen LogP contribution >= 0.6 is 0 Å². The third-order valence-corrected chi connectivity index (χ3v) is 5.42. The first kappa shape index (κ1) is 16.8. The Morgan fingerprint density at radius 1 is 1.19 bits per heavy atom. The van der Waals surface area contributed by atoms with Crippen molar-refractivity contribution in [2.75, 3.05) is 13.1 Å². The number of aromatic nitrogens is 3. The summed E-state index contributed by atoms with van der Waals surface area (Å²) in [7, 11) is 0. The van der Waals surface area contributed by atoms with Crippen molar-refractivity contribution in [1.29, 1.82) is 0 Å². The second-order valence-corrected chi connectivity index (χ2v) is 7.14. The van der Waals surface area contributed by atoms with Crippen LogP contribution in [0.1, 0.15) is 24.2 Å². The molecule has 26 heavy (non-hydrogen) atoms. The quantitative estimate of drug-likeness (QED) is 0.829. The fourth-order valence-electron chi connectivity index (χ4n) is 3.91. The van der Waals surface area contributed by atoms with Crippen molar-refractivity contribution in [3.63, 3.8) is 0 Å². The van der Waals surface area contributed by atoms with Crippen molar-refractivity contribution < 1.29 is 9.59 Å². The van der Waals surface area contributed by atoms with E-state index in [9.17, 15) is 9.59 Å². The van der Waals surface area contributed by atoms with Crippen LogP contribution in [0.3, 0.4) is 0 Å². The van der Waals surface area contributed by atoms with Gasteiger partial charge < -0.3 is 9.80 Å². The predicted molar refractivity (Wildman–Crippen MR) is 94.8 cm³/mol. The van der Waals surface area contributed by atoms with Gasteiger partial charge in [-0.1, -0.05) is 6.07 Å². The van der Waals surface area contributed by atoms with Crippen LogP contribution in [0.2, 0.25) is 0 Å². The highest BCUT2D eigenvalue weighted by Gasteiger charge is 2.41. The molecule has 0 aromatic carbocycles. The number of rotatable bonds is 4. The van der Waals surface area contributed by atoms with E-state index >= 15 is 0 Å². The van der Waals surface area contributed by atoms with Crippen molar-refractivity contribution in [3.05, 3.63) is 48.0 Å². The van der Waals surface area contributed by atoms with Gasteiger partial charge in [0.15, 0.2) is 0 Å². The van der Waals surface area contributed by atoms with E-state index in [1.807, 2.05) is 41.0 Å². The Kier molecular flexibility index (Phi) is 4.44. The van der Waals surface area contributed by atoms with Gasteiger partial charge in [0.2, 0.25) is 11.8 Å². The van der Waals surface area contributed by atoms with Crippen LogP contribution in [0.5, 0.6) is 0 Å². The molecular formula is C19H23N5O2. The molecule has 5 heterocycles. The minimum absolute atomic E-state index is 0.0289. The average Bonchev–Trinajstić information content (AvgIpc) is 2.87. The van der Waals surface area contributed by atoms with E-state index in [-0.39, 0.29) is 30.3 Å². The minimum atomic E-state index is -0.111. The first-order valence-corrected chi connectivity index (χ1v) is 9.08. The van der Waals surface area contributed by atoms with Crippen molar-refractivity contribution in [2.24, 2.45) is 5.92 Å². The van der Waals surface area contributed by atoms with Crippen LogP contribution in [-0.2, 0) is 22.7 Å². The lowest BCUT2D eigenvalue weighted by molar-refractivity contribution is -0.140. The van der Waals surface area contributed by atoms with Crippen molar-refractivity contribution in [3.8, 4) is 0 Å². The minimum Gasteiger partial charge on any atom is -0.338 e. The Morgan fingerprint density at radius 3 is 2.81 bits per heavy atom. The third-order valence-electron chi connectivity index (χ3n) is 5.42. The Balaban J connectivity index is 1.49. The normalized spacial score (nSPS) is 22.6. The number of nitrogens with zero attached hydrogens (tertiary/aromatic N) is 5. The van der Waals surface area contributed by atoms with Crippen LogP contribution < -0.4 is 0 Å². The Morgan fingerprint density at radius 2 is 2.08 bits per heavy atom. The van der Waals surface area contributed by atoms with Crippen molar-refractivity contribution in [2.45, 2.75) is 38.9 Å². The van der Waals surface area contributed by atoms with Crippen molar-refractivity contribution >= 4 is 11.8 Å². The number of piperidine rings is 1. The second kappa shape index (κ2) is 6.90. The van der Waals surface area contributed by atoms with Gasteiger partial charge >= 0.3 is 0 Å². The van der Waals surface area contributed by atoms with Crippen LogP contribution in [-0.4, -0.2) is 55.5 Å². The number of hydrogen-bond donors (Lipinski definition) is 0. The van der Waals surface area contributed by atoms with Crippen molar-refractivity contribution in [1.82, 2.24) is 24.6 Å². The SMILES string of the molecule is Cc1ccnn1CC(=O)N1C[C@@H]2CC[C@H](C1)N(Cc1ccccn1)C2=O. The fourth-order valence-corrected chi connectivity index (χ4v) is 3.91. The van der Waals surface area contributed by atoms with Gasteiger partial charge in [0.05, 0.1) is 18.2 Å². The first-order chi connectivity index (χ1) is 12.6. The summed E-state index contributed by atoms with van der Waals surface area (Å²) in [6.45, 7) is 3.78. The molecule has 0 aliphatic carbocycles. The van der Waals surface area contributed by atoms with Crippen LogP contribution in [0.25, 0.3) is 0 Å². The summed E-state index contributed by atoms with van der Waals surface area (Å²) < 4.78 is 1.71. The molecule has 7 nitrogen and oxygen atoms in total. The summed E-state index contributed by atoms with van der Waals surface area (Å²) in [5.74, 6) is 0.0683. The standard InChI is InChI=1S/C19H23N5O2/c1-14-7-9-21-24(14)13-18(25)22-10-15-5-6-17(12-22)23(19(15)26)11-16-4-2-3-8-20-16/h2-4,7-9,15,17H,5-6,10-13H2,1H3/t15-,17+/m0/s1. The van der Waals surface area contributed by atoms with Crippen LogP contribution in [0.15, 0.2) is 36.7 Å². The zero-order valence-electron chi connectivity index (χ0n) is 14.9. The smallest absolute Gasteiger partial charge is 0.244 e. The predicted octanol–water partition coefficient (Wildman–Crippen LogP) is 1.24. The lowest BCUT2D eigenvalue weighted by atomic mass is 9.94. The summed E-state index contributed by atoms with van der Waals surface area (Å²) in [5, 5.41) is 4.20. The second-order valence-electron chi connectivity index (χ2n) is 7.14. The molecule has 5 rings (SSSR count). The zero-order chi connectivity index (χ0) is 18.1. The summed E-state index contributed by atoms with van der Waals surface area (Å²) in [5.41, 5.74) is 1.85. The number of fused-ring (bicyclic) bond motifs is 4. The maximum absolute atomic E-state index is 12.9. The van der Waals surface area contributed by atoms with Gasteiger partial charge in [0, 0.05) is 37.2 Å². The molecule has 2 aromatic heterocycles. The highest BCUT2D eigenvalue weighted by atomic mass is 16.2. The molecule has 7 heteroatoms. The Labute approximate surface area is 152 Å². The van der Waals surface area contributed by atoms with Gasteiger partial charge in [-0.05, 0) is 38.0 Å². The molecule has 0 radical (unpaired) electrons. The number of hydrogen-bond acceptors (Lipinski definition) is 4. The molecule has 2 amide bonds. The number of aryl methyl sites for hydroxylation is 1. The van der Waals surface area contributed by atoms with Gasteiger partial charge in [-0.15, -0.1) is 0 Å². The topological polar surface area (TPSA) is 71.3 Å². The Bertz CT molecular complexity index is 803. The summed E-state index contributed by atoms with van der Waals surface area (Å²) in [6.07, 6.45) is 5.24. The third kappa shape index (κ3) is 3.21. The number of amides is 2. The molecule has 3 fully saturated rings. The number of carbonyl (C=O) groups is 2. The molecule has 2 atom stereocenters. The molecule has 136 valence electrons. The first-order valence-electron chi connectivity index (χ1n) is 9.08. The van der Waals surface area contributed by atoms with Gasteiger partial charge in [0.1, 0.15) is 6.54 Å².